The van der Waals surface area contributed by atoms with Crippen molar-refractivity contribution in [3.05, 3.63) is 29.1 Å². The van der Waals surface area contributed by atoms with Crippen molar-refractivity contribution in [1.29, 1.82) is 0 Å². The largest absolute Gasteiger partial charge is 0.469 e. The lowest BCUT2D eigenvalue weighted by molar-refractivity contribution is 0.489. The van der Waals surface area contributed by atoms with E-state index >= 15 is 0 Å². The molecule has 0 amide bonds. The number of hydrogen-bond acceptors (Lipinski definition) is 4. The zero-order chi connectivity index (χ0) is 6.97. The molecule has 0 spiro atoms. The van der Waals surface area contributed by atoms with Crippen LogP contribution in [0.5, 0.6) is 0 Å². The van der Waals surface area contributed by atoms with Gasteiger partial charge < -0.3 is 8.83 Å². The van der Waals surface area contributed by atoms with Crippen LogP contribution in [0.3, 0.4) is 0 Å². The average molecular weight is 137 g/mol. The fourth-order valence-corrected chi connectivity index (χ4v) is 0.731. The summed E-state index contributed by atoms with van der Waals surface area (Å²) >= 11 is 0. The van der Waals surface area contributed by atoms with Gasteiger partial charge >= 0.3 is 5.76 Å². The van der Waals surface area contributed by atoms with Gasteiger partial charge in [-0.15, -0.1) is 0 Å². The summed E-state index contributed by atoms with van der Waals surface area (Å²) in [4.78, 5) is 14.0. The third-order valence-corrected chi connectivity index (χ3v) is 1.14. The molecule has 50 valence electrons. The van der Waals surface area contributed by atoms with Crippen molar-refractivity contribution in [2.24, 2.45) is 0 Å². The summed E-state index contributed by atoms with van der Waals surface area (Å²) in [6.07, 6.45) is 2.77. The summed E-state index contributed by atoms with van der Waals surface area (Å²) in [6, 6.07) is 1.57. The number of oxazole rings is 1. The minimum absolute atomic E-state index is 0.382. The lowest BCUT2D eigenvalue weighted by Gasteiger charge is -1.86. The number of rotatable bonds is 0. The Labute approximate surface area is 55.4 Å². The minimum Gasteiger partial charge on any atom is -0.469 e. The van der Waals surface area contributed by atoms with Crippen LogP contribution in [0.2, 0.25) is 0 Å². The molecule has 0 unspecified atom stereocenters. The lowest BCUT2D eigenvalue weighted by Crippen LogP contribution is -1.92. The van der Waals surface area contributed by atoms with Gasteiger partial charge in [0, 0.05) is 6.07 Å². The van der Waals surface area contributed by atoms with E-state index in [1.807, 2.05) is 0 Å². The molecule has 0 aromatic carbocycles. The Morgan fingerprint density at radius 2 is 2.40 bits per heavy atom. The molecule has 2 heterocycles. The van der Waals surface area contributed by atoms with Gasteiger partial charge in [-0.1, -0.05) is 0 Å². The molecule has 2 rings (SSSR count). The van der Waals surface area contributed by atoms with E-state index in [-0.39, 0.29) is 0 Å². The second-order valence-corrected chi connectivity index (χ2v) is 1.79. The molecule has 4 nitrogen and oxygen atoms in total. The summed E-state index contributed by atoms with van der Waals surface area (Å²) in [5.74, 6) is -0.205. The van der Waals surface area contributed by atoms with Crippen LogP contribution in [0.15, 0.2) is 32.2 Å². The van der Waals surface area contributed by atoms with Crippen LogP contribution in [0.25, 0.3) is 11.5 Å². The summed E-state index contributed by atoms with van der Waals surface area (Å²) in [5, 5.41) is 0. The highest BCUT2D eigenvalue weighted by Gasteiger charge is 2.07. The standard InChI is InChI=1S/C6H3NO3/c8-6-7-4-1-2-9-3-5(4)10-6/h1-3H. The molecular weight excluding hydrogens is 134 g/mol. The first-order valence-electron chi connectivity index (χ1n) is 2.69. The zero-order valence-corrected chi connectivity index (χ0v) is 4.90. The SMILES string of the molecule is O=c1nc2ccocc-2o1. The van der Waals surface area contributed by atoms with Crippen molar-refractivity contribution in [2.45, 2.75) is 0 Å². The molecule has 0 fully saturated rings. The maximum atomic E-state index is 10.5. The van der Waals surface area contributed by atoms with Crippen molar-refractivity contribution in [3.8, 4) is 11.5 Å². The van der Waals surface area contributed by atoms with E-state index in [1.165, 1.54) is 12.5 Å². The van der Waals surface area contributed by atoms with Crippen LogP contribution in [0, 0.1) is 0 Å². The van der Waals surface area contributed by atoms with Gasteiger partial charge in [0.1, 0.15) is 12.0 Å². The molecule has 0 atom stereocenters. The van der Waals surface area contributed by atoms with Gasteiger partial charge in [-0.25, -0.2) is 4.79 Å². The van der Waals surface area contributed by atoms with E-state index in [9.17, 15) is 4.79 Å². The highest BCUT2D eigenvalue weighted by molar-refractivity contribution is 5.49. The van der Waals surface area contributed by atoms with Crippen LogP contribution in [-0.2, 0) is 0 Å². The van der Waals surface area contributed by atoms with Gasteiger partial charge in [-0.3, -0.25) is 0 Å². The minimum atomic E-state index is -0.587. The van der Waals surface area contributed by atoms with E-state index < -0.39 is 5.76 Å². The van der Waals surface area contributed by atoms with Crippen molar-refractivity contribution < 1.29 is 8.83 Å². The molecule has 0 saturated heterocycles. The Kier molecular flexibility index (Phi) is 0.887. The van der Waals surface area contributed by atoms with Crippen LogP contribution >= 0.6 is 0 Å². The third kappa shape index (κ3) is 0.621. The molecule has 2 aliphatic heterocycles. The maximum absolute atomic E-state index is 10.5. The first kappa shape index (κ1) is 5.22. The van der Waals surface area contributed by atoms with Crippen molar-refractivity contribution in [2.75, 3.05) is 0 Å². The molecule has 0 aliphatic carbocycles. The summed E-state index contributed by atoms with van der Waals surface area (Å²) in [7, 11) is 0. The van der Waals surface area contributed by atoms with Crippen molar-refractivity contribution >= 4 is 0 Å². The summed E-state index contributed by atoms with van der Waals surface area (Å²) in [6.45, 7) is 0. The van der Waals surface area contributed by atoms with E-state index in [2.05, 4.69) is 9.40 Å². The summed E-state index contributed by atoms with van der Waals surface area (Å²) in [5.41, 5.74) is 0.524. The van der Waals surface area contributed by atoms with Gasteiger partial charge in [0.2, 0.25) is 0 Å². The molecule has 10 heavy (non-hydrogen) atoms. The van der Waals surface area contributed by atoms with Gasteiger partial charge in [0.05, 0.1) is 6.26 Å². The van der Waals surface area contributed by atoms with Gasteiger partial charge in [-0.2, -0.15) is 4.98 Å². The molecule has 0 N–H and O–H groups in total. The van der Waals surface area contributed by atoms with Gasteiger partial charge in [0.15, 0.2) is 5.76 Å². The molecule has 0 radical (unpaired) electrons. The normalized spacial score (nSPS) is 10.4. The number of nitrogens with zero attached hydrogens (tertiary/aromatic N) is 1. The lowest BCUT2D eigenvalue weighted by atomic mass is 10.3. The fourth-order valence-electron chi connectivity index (χ4n) is 0.731. The molecular formula is C6H3NO3. The molecule has 4 heteroatoms. The van der Waals surface area contributed by atoms with Gasteiger partial charge in [0.25, 0.3) is 0 Å². The second-order valence-electron chi connectivity index (χ2n) is 1.79. The number of hydrogen-bond donors (Lipinski definition) is 0. The Balaban J connectivity index is 2.88. The maximum Gasteiger partial charge on any atom is 0.439 e. The van der Waals surface area contributed by atoms with Gasteiger partial charge in [-0.05, 0) is 0 Å². The molecule has 2 aliphatic rings. The Morgan fingerprint density at radius 1 is 1.50 bits per heavy atom. The molecule has 0 aromatic rings. The smallest absolute Gasteiger partial charge is 0.439 e. The second kappa shape index (κ2) is 1.70. The zero-order valence-electron chi connectivity index (χ0n) is 4.90. The molecule has 0 bridgehead atoms. The predicted molar refractivity (Wildman–Crippen MR) is 31.7 cm³/mol. The van der Waals surface area contributed by atoms with E-state index in [1.54, 1.807) is 6.07 Å². The van der Waals surface area contributed by atoms with Crippen molar-refractivity contribution in [1.82, 2.24) is 4.98 Å². The average Bonchev–Trinajstić information content (AvgIpc) is 2.27. The predicted octanol–water partition coefficient (Wildman–Crippen LogP) is 0.733. The molecule has 0 aromatic heterocycles. The topological polar surface area (TPSA) is 56.2 Å². The third-order valence-electron chi connectivity index (χ3n) is 1.14. The van der Waals surface area contributed by atoms with Crippen molar-refractivity contribution in [3.63, 3.8) is 0 Å². The monoisotopic (exact) mass is 137 g/mol. The fraction of sp³-hybridized carbons (Fsp3) is 0. The number of aromatic nitrogens is 1. The Bertz CT molecular complexity index is 329. The van der Waals surface area contributed by atoms with Crippen LogP contribution in [0.4, 0.5) is 0 Å². The highest BCUT2D eigenvalue weighted by atomic mass is 16.4. The number of fused-ring (bicyclic) bond motifs is 1. The van der Waals surface area contributed by atoms with Crippen LogP contribution in [-0.4, -0.2) is 4.98 Å². The quantitative estimate of drug-likeness (QED) is 0.537. The Hall–Kier alpha value is -1.58. The first-order valence-corrected chi connectivity index (χ1v) is 2.69. The summed E-state index contributed by atoms with van der Waals surface area (Å²) < 4.78 is 9.34. The van der Waals surface area contributed by atoms with E-state index in [0.29, 0.717) is 11.5 Å². The highest BCUT2D eigenvalue weighted by Crippen LogP contribution is 2.14. The first-order chi connectivity index (χ1) is 4.86. The van der Waals surface area contributed by atoms with E-state index in [4.69, 9.17) is 4.42 Å². The molecule has 0 saturated carbocycles. The van der Waals surface area contributed by atoms with E-state index in [0.717, 1.165) is 0 Å². The Morgan fingerprint density at radius 3 is 3.20 bits per heavy atom. The van der Waals surface area contributed by atoms with Crippen LogP contribution in [0.1, 0.15) is 0 Å². The van der Waals surface area contributed by atoms with Crippen LogP contribution < -0.4 is 5.76 Å².